The van der Waals surface area contributed by atoms with E-state index >= 15 is 0 Å². The van der Waals surface area contributed by atoms with Crippen LogP contribution in [0.2, 0.25) is 0 Å². The number of anilines is 1. The second kappa shape index (κ2) is 7.19. The fraction of sp³-hybridized carbons (Fsp3) is 0.200. The Balaban J connectivity index is 1.40. The Labute approximate surface area is 154 Å². The lowest BCUT2D eigenvalue weighted by atomic mass is 10.2. The van der Waals surface area contributed by atoms with E-state index in [4.69, 9.17) is 4.74 Å². The first-order valence-corrected chi connectivity index (χ1v) is 8.62. The molecular formula is C20H17F2N3O2. The Kier molecular flexibility index (Phi) is 4.58. The van der Waals surface area contributed by atoms with E-state index < -0.39 is 23.4 Å². The SMILES string of the molecule is O=C(Nc1c(F)cccc1F)N1CC[C@@H](Oc2ccc3ccccc3n2)C1. The summed E-state index contributed by atoms with van der Waals surface area (Å²) in [4.78, 5) is 18.2. The van der Waals surface area contributed by atoms with Gasteiger partial charge in [0, 0.05) is 24.4 Å². The van der Waals surface area contributed by atoms with Gasteiger partial charge in [-0.3, -0.25) is 0 Å². The van der Waals surface area contributed by atoms with Crippen LogP contribution in [0.5, 0.6) is 5.88 Å². The minimum atomic E-state index is -0.810. The number of likely N-dealkylation sites (tertiary alicyclic amines) is 1. The Morgan fingerprint density at radius 1 is 1.07 bits per heavy atom. The number of aromatic nitrogens is 1. The lowest BCUT2D eigenvalue weighted by molar-refractivity contribution is 0.190. The van der Waals surface area contributed by atoms with E-state index in [0.717, 1.165) is 23.0 Å². The van der Waals surface area contributed by atoms with Crippen molar-refractivity contribution in [3.63, 3.8) is 0 Å². The van der Waals surface area contributed by atoms with Gasteiger partial charge in [0.25, 0.3) is 0 Å². The molecule has 5 nitrogen and oxygen atoms in total. The summed E-state index contributed by atoms with van der Waals surface area (Å²) in [6.07, 6.45) is 0.386. The first-order chi connectivity index (χ1) is 13.1. The fourth-order valence-electron chi connectivity index (χ4n) is 3.10. The maximum absolute atomic E-state index is 13.7. The Morgan fingerprint density at radius 2 is 1.85 bits per heavy atom. The van der Waals surface area contributed by atoms with Crippen LogP contribution in [-0.4, -0.2) is 35.1 Å². The molecule has 3 aromatic rings. The summed E-state index contributed by atoms with van der Waals surface area (Å²) in [5.74, 6) is -1.13. The minimum Gasteiger partial charge on any atom is -0.472 e. The van der Waals surface area contributed by atoms with Gasteiger partial charge in [-0.2, -0.15) is 0 Å². The molecule has 27 heavy (non-hydrogen) atoms. The van der Waals surface area contributed by atoms with Gasteiger partial charge < -0.3 is 15.0 Å². The van der Waals surface area contributed by atoms with Crippen LogP contribution in [0.4, 0.5) is 19.3 Å². The molecule has 2 aromatic carbocycles. The van der Waals surface area contributed by atoms with Crippen molar-refractivity contribution in [2.24, 2.45) is 0 Å². The van der Waals surface area contributed by atoms with Gasteiger partial charge >= 0.3 is 6.03 Å². The van der Waals surface area contributed by atoms with Crippen molar-refractivity contribution in [1.29, 1.82) is 0 Å². The molecule has 138 valence electrons. The summed E-state index contributed by atoms with van der Waals surface area (Å²) < 4.78 is 33.2. The van der Waals surface area contributed by atoms with E-state index in [1.807, 2.05) is 30.3 Å². The molecule has 0 unspecified atom stereocenters. The molecule has 0 aliphatic carbocycles. The predicted molar refractivity (Wildman–Crippen MR) is 97.7 cm³/mol. The number of hydrogen-bond acceptors (Lipinski definition) is 3. The van der Waals surface area contributed by atoms with E-state index in [1.165, 1.54) is 11.0 Å². The standard InChI is InChI=1S/C20H17F2N3O2/c21-15-5-3-6-16(22)19(15)24-20(26)25-11-10-14(12-25)27-18-9-8-13-4-1-2-7-17(13)23-18/h1-9,14H,10-12H2,(H,24,26)/t14-/m1/s1. The van der Waals surface area contributed by atoms with Gasteiger partial charge in [-0.15, -0.1) is 0 Å². The third-order valence-corrected chi connectivity index (χ3v) is 4.49. The quantitative estimate of drug-likeness (QED) is 0.753. The van der Waals surface area contributed by atoms with E-state index in [9.17, 15) is 13.6 Å². The zero-order valence-corrected chi connectivity index (χ0v) is 14.4. The molecular weight excluding hydrogens is 352 g/mol. The molecule has 0 radical (unpaired) electrons. The number of hydrogen-bond donors (Lipinski definition) is 1. The molecule has 1 fully saturated rings. The number of para-hydroxylation sites is 2. The number of carbonyl (C=O) groups is 1. The number of halogens is 2. The number of nitrogens with one attached hydrogen (secondary N) is 1. The van der Waals surface area contributed by atoms with Crippen molar-refractivity contribution < 1.29 is 18.3 Å². The summed E-state index contributed by atoms with van der Waals surface area (Å²) in [6, 6.07) is 14.3. The molecule has 2 amide bonds. The zero-order chi connectivity index (χ0) is 18.8. The number of amides is 2. The lowest BCUT2D eigenvalue weighted by Gasteiger charge is -2.18. The second-order valence-corrected chi connectivity index (χ2v) is 6.34. The number of nitrogens with zero attached hydrogens (tertiary/aromatic N) is 2. The molecule has 1 saturated heterocycles. The van der Waals surface area contributed by atoms with Gasteiger partial charge in [0.2, 0.25) is 5.88 Å². The van der Waals surface area contributed by atoms with Crippen LogP contribution in [0.3, 0.4) is 0 Å². The van der Waals surface area contributed by atoms with Crippen LogP contribution in [0.1, 0.15) is 6.42 Å². The molecule has 0 saturated carbocycles. The lowest BCUT2D eigenvalue weighted by Crippen LogP contribution is -2.35. The van der Waals surface area contributed by atoms with Crippen molar-refractivity contribution in [1.82, 2.24) is 9.88 Å². The number of ether oxygens (including phenoxy) is 1. The number of carbonyl (C=O) groups excluding carboxylic acids is 1. The summed E-state index contributed by atoms with van der Waals surface area (Å²) in [6.45, 7) is 0.747. The monoisotopic (exact) mass is 369 g/mol. The van der Waals surface area contributed by atoms with Gasteiger partial charge in [-0.25, -0.2) is 18.6 Å². The molecule has 0 bridgehead atoms. The topological polar surface area (TPSA) is 54.5 Å². The molecule has 1 atom stereocenters. The number of fused-ring (bicyclic) bond motifs is 1. The van der Waals surface area contributed by atoms with Gasteiger partial charge in [-0.1, -0.05) is 24.3 Å². The number of rotatable bonds is 3. The highest BCUT2D eigenvalue weighted by Gasteiger charge is 2.29. The largest absolute Gasteiger partial charge is 0.472 e. The highest BCUT2D eigenvalue weighted by molar-refractivity contribution is 5.89. The van der Waals surface area contributed by atoms with E-state index in [2.05, 4.69) is 10.3 Å². The van der Waals surface area contributed by atoms with Crippen molar-refractivity contribution in [2.45, 2.75) is 12.5 Å². The molecule has 1 aliphatic heterocycles. The van der Waals surface area contributed by atoms with Crippen LogP contribution in [0, 0.1) is 11.6 Å². The Morgan fingerprint density at radius 3 is 2.67 bits per heavy atom. The Bertz CT molecular complexity index is 976. The van der Waals surface area contributed by atoms with E-state index in [1.54, 1.807) is 6.07 Å². The van der Waals surface area contributed by atoms with Gasteiger partial charge in [0.05, 0.1) is 12.1 Å². The number of pyridine rings is 1. The summed E-state index contributed by atoms with van der Waals surface area (Å²) >= 11 is 0. The molecule has 1 N–H and O–H groups in total. The first kappa shape index (κ1) is 17.2. The molecule has 4 rings (SSSR count). The Hall–Kier alpha value is -3.22. The average molecular weight is 369 g/mol. The molecule has 7 heteroatoms. The third kappa shape index (κ3) is 3.67. The second-order valence-electron chi connectivity index (χ2n) is 6.34. The molecule has 1 aromatic heterocycles. The molecule has 2 heterocycles. The summed E-state index contributed by atoms with van der Waals surface area (Å²) in [7, 11) is 0. The van der Waals surface area contributed by atoms with Crippen molar-refractivity contribution in [3.05, 3.63) is 66.2 Å². The van der Waals surface area contributed by atoms with Crippen LogP contribution < -0.4 is 10.1 Å². The smallest absolute Gasteiger partial charge is 0.322 e. The zero-order valence-electron chi connectivity index (χ0n) is 14.4. The molecule has 0 spiro atoms. The van der Waals surface area contributed by atoms with E-state index in [0.29, 0.717) is 25.4 Å². The van der Waals surface area contributed by atoms with E-state index in [-0.39, 0.29) is 6.10 Å². The minimum absolute atomic E-state index is 0.227. The van der Waals surface area contributed by atoms with Gasteiger partial charge in [0.15, 0.2) is 0 Å². The maximum atomic E-state index is 13.7. The van der Waals surface area contributed by atoms with Crippen LogP contribution in [0.25, 0.3) is 10.9 Å². The number of urea groups is 1. The normalized spacial score (nSPS) is 16.5. The maximum Gasteiger partial charge on any atom is 0.322 e. The van der Waals surface area contributed by atoms with Gasteiger partial charge in [0.1, 0.15) is 23.4 Å². The van der Waals surface area contributed by atoms with Crippen LogP contribution >= 0.6 is 0 Å². The highest BCUT2D eigenvalue weighted by atomic mass is 19.1. The van der Waals surface area contributed by atoms with Gasteiger partial charge in [-0.05, 0) is 24.3 Å². The van der Waals surface area contributed by atoms with Crippen molar-refractivity contribution in [2.75, 3.05) is 18.4 Å². The van der Waals surface area contributed by atoms with Crippen molar-refractivity contribution in [3.8, 4) is 5.88 Å². The number of benzene rings is 2. The summed E-state index contributed by atoms with van der Waals surface area (Å²) in [5, 5.41) is 3.31. The first-order valence-electron chi connectivity index (χ1n) is 8.62. The van der Waals surface area contributed by atoms with Crippen LogP contribution in [0.15, 0.2) is 54.6 Å². The fourth-order valence-corrected chi connectivity index (χ4v) is 3.10. The predicted octanol–water partition coefficient (Wildman–Crippen LogP) is 4.20. The average Bonchev–Trinajstić information content (AvgIpc) is 3.13. The highest BCUT2D eigenvalue weighted by Crippen LogP contribution is 2.22. The summed E-state index contributed by atoms with van der Waals surface area (Å²) in [5.41, 5.74) is 0.390. The van der Waals surface area contributed by atoms with Crippen LogP contribution in [-0.2, 0) is 0 Å². The van der Waals surface area contributed by atoms with Crippen molar-refractivity contribution >= 4 is 22.6 Å². The molecule has 1 aliphatic rings. The third-order valence-electron chi connectivity index (χ3n) is 4.49.